The normalized spacial score (nSPS) is 16.6. The van der Waals surface area contributed by atoms with Crippen LogP contribution in [0.1, 0.15) is 16.8 Å². The van der Waals surface area contributed by atoms with Crippen molar-refractivity contribution in [3.8, 4) is 0 Å². The quantitative estimate of drug-likeness (QED) is 0.868. The van der Waals surface area contributed by atoms with Gasteiger partial charge >= 0.3 is 6.09 Å². The van der Waals surface area contributed by atoms with Gasteiger partial charge in [0.25, 0.3) is 0 Å². The van der Waals surface area contributed by atoms with Crippen molar-refractivity contribution in [2.75, 3.05) is 32.7 Å². The molecular formula is C19H25N4O2+. The molecule has 2 aromatic rings. The summed E-state index contributed by atoms with van der Waals surface area (Å²) >= 11 is 0. The van der Waals surface area contributed by atoms with Gasteiger partial charge in [-0.3, -0.25) is 14.4 Å². The third kappa shape index (κ3) is 3.79. The van der Waals surface area contributed by atoms with Crippen LogP contribution in [0.25, 0.3) is 0 Å². The van der Waals surface area contributed by atoms with Crippen LogP contribution in [0.15, 0.2) is 36.7 Å². The highest BCUT2D eigenvalue weighted by Gasteiger charge is 2.37. The first-order valence-electron chi connectivity index (χ1n) is 8.68. The minimum atomic E-state index is -0.838. The van der Waals surface area contributed by atoms with E-state index >= 15 is 0 Å². The molecule has 3 heterocycles. The molecule has 3 rings (SSSR count). The van der Waals surface area contributed by atoms with Crippen LogP contribution in [-0.4, -0.2) is 58.8 Å². The first-order chi connectivity index (χ1) is 12.0. The van der Waals surface area contributed by atoms with Gasteiger partial charge in [-0.2, -0.15) is 0 Å². The number of amides is 1. The number of pyridine rings is 2. The summed E-state index contributed by atoms with van der Waals surface area (Å²) in [6.45, 7) is 7.54. The first-order valence-corrected chi connectivity index (χ1v) is 8.68. The lowest BCUT2D eigenvalue weighted by molar-refractivity contribution is 0.106. The van der Waals surface area contributed by atoms with E-state index in [0.717, 1.165) is 43.1 Å². The molecule has 0 radical (unpaired) electrons. The summed E-state index contributed by atoms with van der Waals surface area (Å²) in [6.07, 6.45) is 3.74. The third-order valence-electron chi connectivity index (χ3n) is 5.14. The van der Waals surface area contributed by atoms with Crippen LogP contribution in [0.5, 0.6) is 0 Å². The molecule has 1 N–H and O–H groups in total. The van der Waals surface area contributed by atoms with E-state index in [4.69, 9.17) is 0 Å². The molecule has 132 valence electrons. The zero-order valence-corrected chi connectivity index (χ0v) is 14.9. The van der Waals surface area contributed by atoms with E-state index in [-0.39, 0.29) is 0 Å². The maximum Gasteiger partial charge on any atom is 0.407 e. The summed E-state index contributed by atoms with van der Waals surface area (Å²) in [7, 11) is 0. The molecule has 0 atom stereocenters. The fourth-order valence-corrected chi connectivity index (χ4v) is 3.45. The van der Waals surface area contributed by atoms with Gasteiger partial charge in [0.1, 0.15) is 13.1 Å². The lowest BCUT2D eigenvalue weighted by atomic mass is 10.1. The second-order valence-electron chi connectivity index (χ2n) is 6.80. The highest BCUT2D eigenvalue weighted by Crippen LogP contribution is 2.25. The van der Waals surface area contributed by atoms with Gasteiger partial charge in [0.15, 0.2) is 0 Å². The number of carboxylic acid groups (broad SMARTS) is 1. The molecule has 1 aliphatic heterocycles. The molecule has 2 aromatic heterocycles. The minimum absolute atomic E-state index is 0.534. The zero-order chi connectivity index (χ0) is 17.9. The summed E-state index contributed by atoms with van der Waals surface area (Å²) in [5.41, 5.74) is 3.43. The van der Waals surface area contributed by atoms with Crippen molar-refractivity contribution in [3.05, 3.63) is 53.5 Å². The summed E-state index contributed by atoms with van der Waals surface area (Å²) < 4.78 is 0.708. The molecule has 6 heteroatoms. The van der Waals surface area contributed by atoms with Crippen molar-refractivity contribution in [1.29, 1.82) is 0 Å². The zero-order valence-electron chi connectivity index (χ0n) is 14.9. The second-order valence-corrected chi connectivity index (χ2v) is 6.80. The number of rotatable bonds is 4. The minimum Gasteiger partial charge on any atom is -0.465 e. The Bertz CT molecular complexity index is 737. The van der Waals surface area contributed by atoms with Crippen molar-refractivity contribution >= 4 is 11.9 Å². The number of aryl methyl sites for hydroxylation is 2. The molecule has 25 heavy (non-hydrogen) atoms. The Balaban J connectivity index is 1.83. The van der Waals surface area contributed by atoms with Crippen LogP contribution in [-0.2, 0) is 6.42 Å². The van der Waals surface area contributed by atoms with E-state index in [2.05, 4.69) is 35.1 Å². The van der Waals surface area contributed by atoms with Crippen molar-refractivity contribution in [2.24, 2.45) is 0 Å². The van der Waals surface area contributed by atoms with Crippen LogP contribution in [0, 0.1) is 13.8 Å². The van der Waals surface area contributed by atoms with Crippen molar-refractivity contribution in [1.82, 2.24) is 19.4 Å². The molecule has 6 nitrogen and oxygen atoms in total. The SMILES string of the molecule is Cc1ccc([N+]2(CCc3ncccc3C)CCN(C(=O)O)CC2)nc1. The Labute approximate surface area is 148 Å². The molecule has 0 saturated carbocycles. The highest BCUT2D eigenvalue weighted by molar-refractivity contribution is 5.65. The maximum absolute atomic E-state index is 11.3. The Morgan fingerprint density at radius 2 is 1.96 bits per heavy atom. The molecule has 0 aromatic carbocycles. The highest BCUT2D eigenvalue weighted by atomic mass is 16.4. The molecule has 0 bridgehead atoms. The number of aromatic nitrogens is 2. The average molecular weight is 341 g/mol. The van der Waals surface area contributed by atoms with Gasteiger partial charge in [-0.05, 0) is 31.0 Å². The predicted octanol–water partition coefficient (Wildman–Crippen LogP) is 2.64. The molecule has 1 amide bonds. The van der Waals surface area contributed by atoms with Gasteiger partial charge in [0.05, 0.1) is 19.6 Å². The van der Waals surface area contributed by atoms with Crippen LogP contribution < -0.4 is 4.48 Å². The van der Waals surface area contributed by atoms with E-state index < -0.39 is 6.09 Å². The fourth-order valence-electron chi connectivity index (χ4n) is 3.45. The Hall–Kier alpha value is -2.47. The number of nitrogens with zero attached hydrogens (tertiary/aromatic N) is 4. The third-order valence-corrected chi connectivity index (χ3v) is 5.14. The molecule has 1 fully saturated rings. The Kier molecular flexibility index (Phi) is 4.99. The smallest absolute Gasteiger partial charge is 0.407 e. The summed E-state index contributed by atoms with van der Waals surface area (Å²) in [6, 6.07) is 8.20. The topological polar surface area (TPSA) is 66.3 Å². The van der Waals surface area contributed by atoms with Crippen LogP contribution in [0.2, 0.25) is 0 Å². The lowest BCUT2D eigenvalue weighted by Gasteiger charge is -2.42. The van der Waals surface area contributed by atoms with Gasteiger partial charge in [-0.15, -0.1) is 0 Å². The number of piperazine rings is 1. The van der Waals surface area contributed by atoms with Crippen LogP contribution >= 0.6 is 0 Å². The molecule has 0 aliphatic carbocycles. The molecule has 1 saturated heterocycles. The Morgan fingerprint density at radius 3 is 2.56 bits per heavy atom. The van der Waals surface area contributed by atoms with Crippen molar-refractivity contribution < 1.29 is 9.90 Å². The molecule has 0 spiro atoms. The van der Waals surface area contributed by atoms with E-state index in [1.807, 2.05) is 25.4 Å². The number of quaternary nitrogens is 1. The van der Waals surface area contributed by atoms with Crippen molar-refractivity contribution in [3.63, 3.8) is 0 Å². The van der Waals surface area contributed by atoms with E-state index in [1.54, 1.807) is 0 Å². The van der Waals surface area contributed by atoms with Gasteiger partial charge < -0.3 is 5.11 Å². The van der Waals surface area contributed by atoms with Crippen LogP contribution in [0.3, 0.4) is 0 Å². The molecule has 1 aliphatic rings. The van der Waals surface area contributed by atoms with Crippen molar-refractivity contribution in [2.45, 2.75) is 20.3 Å². The standard InChI is InChI=1S/C19H24N4O2/c1-15-5-6-18(21-14-15)23(12-9-22(10-13-23)19(24)25)11-7-17-16(2)4-3-8-20-17/h3-6,8,14H,7,9-13H2,1-2H3/p+1. The van der Waals surface area contributed by atoms with Crippen LogP contribution in [0.4, 0.5) is 10.6 Å². The Morgan fingerprint density at radius 1 is 1.20 bits per heavy atom. The second kappa shape index (κ2) is 7.19. The number of hydrogen-bond donors (Lipinski definition) is 1. The average Bonchev–Trinajstić information content (AvgIpc) is 2.62. The van der Waals surface area contributed by atoms with E-state index in [0.29, 0.717) is 17.6 Å². The predicted molar refractivity (Wildman–Crippen MR) is 97.6 cm³/mol. The number of hydrogen-bond acceptors (Lipinski definition) is 3. The van der Waals surface area contributed by atoms with E-state index in [1.165, 1.54) is 10.5 Å². The monoisotopic (exact) mass is 341 g/mol. The van der Waals surface area contributed by atoms with Gasteiger partial charge in [-0.1, -0.05) is 12.1 Å². The largest absolute Gasteiger partial charge is 0.465 e. The van der Waals surface area contributed by atoms with Gasteiger partial charge in [0.2, 0.25) is 5.82 Å². The lowest BCUT2D eigenvalue weighted by Crippen LogP contribution is -2.62. The maximum atomic E-state index is 11.3. The summed E-state index contributed by atoms with van der Waals surface area (Å²) in [5, 5.41) is 9.25. The molecule has 0 unspecified atom stereocenters. The molecular weight excluding hydrogens is 316 g/mol. The summed E-state index contributed by atoms with van der Waals surface area (Å²) in [4.78, 5) is 21.9. The van der Waals surface area contributed by atoms with Gasteiger partial charge in [0, 0.05) is 30.6 Å². The fraction of sp³-hybridized carbons (Fsp3) is 0.421. The summed E-state index contributed by atoms with van der Waals surface area (Å²) in [5.74, 6) is 1.02. The van der Waals surface area contributed by atoms with E-state index in [9.17, 15) is 9.90 Å². The number of carbonyl (C=O) groups is 1. The van der Waals surface area contributed by atoms with Gasteiger partial charge in [-0.25, -0.2) is 9.78 Å². The first kappa shape index (κ1) is 17.4.